The molecule has 1 heterocycles. The van der Waals surface area contributed by atoms with E-state index < -0.39 is 0 Å². The zero-order chi connectivity index (χ0) is 12.3. The highest BCUT2D eigenvalue weighted by Crippen LogP contribution is 2.19. The number of carbonyl (C=O) groups is 1. The van der Waals surface area contributed by atoms with Gasteiger partial charge in [0.05, 0.1) is 18.2 Å². The van der Waals surface area contributed by atoms with E-state index in [1.807, 2.05) is 17.0 Å². The molecule has 5 heteroatoms. The van der Waals surface area contributed by atoms with E-state index in [-0.39, 0.29) is 5.91 Å². The van der Waals surface area contributed by atoms with Gasteiger partial charge in [-0.15, -0.1) is 0 Å². The first-order valence-corrected chi connectivity index (χ1v) is 5.74. The summed E-state index contributed by atoms with van der Waals surface area (Å²) in [4.78, 5) is 13.3. The molecule has 88 valence electrons. The maximum absolute atomic E-state index is 11.2. The lowest BCUT2D eigenvalue weighted by molar-refractivity contribution is -0.124. The van der Waals surface area contributed by atoms with Gasteiger partial charge >= 0.3 is 0 Å². The fraction of sp³-hybridized carbons (Fsp3) is 0.333. The smallest absolute Gasteiger partial charge is 0.234 e. The molecule has 1 aromatic carbocycles. The summed E-state index contributed by atoms with van der Waals surface area (Å²) in [6, 6.07) is 7.28. The van der Waals surface area contributed by atoms with Gasteiger partial charge in [0.25, 0.3) is 0 Å². The van der Waals surface area contributed by atoms with Crippen LogP contribution in [0.3, 0.4) is 0 Å². The van der Waals surface area contributed by atoms with Crippen LogP contribution in [0.2, 0.25) is 5.02 Å². The summed E-state index contributed by atoms with van der Waals surface area (Å²) >= 11 is 6.09. The van der Waals surface area contributed by atoms with Crippen LogP contribution in [-0.2, 0) is 11.3 Å². The molecule has 1 N–H and O–H groups in total. The Balaban J connectivity index is 2.08. The van der Waals surface area contributed by atoms with Crippen LogP contribution in [0.15, 0.2) is 18.2 Å². The lowest BCUT2D eigenvalue weighted by Gasteiger charge is -2.26. The van der Waals surface area contributed by atoms with Crippen LogP contribution in [0.1, 0.15) is 11.1 Å². The van der Waals surface area contributed by atoms with Crippen molar-refractivity contribution in [2.24, 2.45) is 0 Å². The fourth-order valence-corrected chi connectivity index (χ4v) is 2.05. The predicted octanol–water partition coefficient (Wildman–Crippen LogP) is 1.14. The van der Waals surface area contributed by atoms with Crippen molar-refractivity contribution in [1.82, 2.24) is 10.2 Å². The average Bonchev–Trinajstić information content (AvgIpc) is 2.32. The van der Waals surface area contributed by atoms with Crippen molar-refractivity contribution in [2.75, 3.05) is 19.6 Å². The lowest BCUT2D eigenvalue weighted by atomic mass is 10.1. The van der Waals surface area contributed by atoms with Crippen molar-refractivity contribution < 1.29 is 4.79 Å². The SMILES string of the molecule is N#Cc1ccc(CN2CCNC(=O)C2)c(Cl)c1. The molecule has 0 saturated carbocycles. The maximum atomic E-state index is 11.2. The first kappa shape index (κ1) is 11.9. The molecule has 1 fully saturated rings. The van der Waals surface area contributed by atoms with Crippen LogP contribution in [0.4, 0.5) is 0 Å². The van der Waals surface area contributed by atoms with Crippen LogP contribution < -0.4 is 5.32 Å². The zero-order valence-corrected chi connectivity index (χ0v) is 10.00. The Morgan fingerprint density at radius 3 is 3.00 bits per heavy atom. The van der Waals surface area contributed by atoms with Crippen LogP contribution in [0, 0.1) is 11.3 Å². The Morgan fingerprint density at radius 2 is 2.35 bits per heavy atom. The molecular formula is C12H12ClN3O. The van der Waals surface area contributed by atoms with Gasteiger partial charge in [-0.2, -0.15) is 5.26 Å². The second-order valence-corrected chi connectivity index (χ2v) is 4.39. The Labute approximate surface area is 105 Å². The summed E-state index contributed by atoms with van der Waals surface area (Å²) in [6.07, 6.45) is 0. The zero-order valence-electron chi connectivity index (χ0n) is 9.24. The monoisotopic (exact) mass is 249 g/mol. The summed E-state index contributed by atoms with van der Waals surface area (Å²) in [5, 5.41) is 12.1. The topological polar surface area (TPSA) is 56.1 Å². The minimum absolute atomic E-state index is 0.0426. The van der Waals surface area contributed by atoms with Gasteiger partial charge in [0, 0.05) is 24.7 Å². The number of benzene rings is 1. The Morgan fingerprint density at radius 1 is 1.53 bits per heavy atom. The van der Waals surface area contributed by atoms with E-state index in [1.165, 1.54) is 0 Å². The molecule has 1 saturated heterocycles. The van der Waals surface area contributed by atoms with Crippen molar-refractivity contribution in [2.45, 2.75) is 6.54 Å². The van der Waals surface area contributed by atoms with E-state index >= 15 is 0 Å². The molecule has 1 aliphatic heterocycles. The van der Waals surface area contributed by atoms with Crippen LogP contribution in [0.25, 0.3) is 0 Å². The standard InChI is InChI=1S/C12H12ClN3O/c13-11-5-9(6-14)1-2-10(11)7-16-4-3-15-12(17)8-16/h1-2,5H,3-4,7-8H2,(H,15,17). The number of hydrogen-bond donors (Lipinski definition) is 1. The second kappa shape index (κ2) is 5.17. The summed E-state index contributed by atoms with van der Waals surface area (Å²) in [5.41, 5.74) is 1.50. The molecule has 1 aromatic rings. The fourth-order valence-electron chi connectivity index (χ4n) is 1.81. The number of hydrogen-bond acceptors (Lipinski definition) is 3. The quantitative estimate of drug-likeness (QED) is 0.855. The number of carbonyl (C=O) groups excluding carboxylic acids is 1. The third-order valence-electron chi connectivity index (χ3n) is 2.69. The Bertz CT molecular complexity index is 481. The van der Waals surface area contributed by atoms with E-state index in [9.17, 15) is 4.79 Å². The number of rotatable bonds is 2. The molecule has 0 radical (unpaired) electrons. The third kappa shape index (κ3) is 2.96. The highest BCUT2D eigenvalue weighted by molar-refractivity contribution is 6.31. The van der Waals surface area contributed by atoms with Crippen molar-refractivity contribution in [3.8, 4) is 6.07 Å². The molecule has 0 unspecified atom stereocenters. The molecule has 0 aromatic heterocycles. The van der Waals surface area contributed by atoms with E-state index in [1.54, 1.807) is 12.1 Å². The van der Waals surface area contributed by atoms with Gasteiger partial charge in [-0.25, -0.2) is 0 Å². The minimum Gasteiger partial charge on any atom is -0.354 e. The first-order chi connectivity index (χ1) is 8.19. The Kier molecular flexibility index (Phi) is 3.62. The van der Waals surface area contributed by atoms with E-state index in [0.717, 1.165) is 12.1 Å². The number of halogens is 1. The van der Waals surface area contributed by atoms with Crippen molar-refractivity contribution in [3.63, 3.8) is 0 Å². The number of nitrogens with zero attached hydrogens (tertiary/aromatic N) is 2. The van der Waals surface area contributed by atoms with E-state index in [4.69, 9.17) is 16.9 Å². The van der Waals surface area contributed by atoms with Gasteiger partial charge in [-0.3, -0.25) is 9.69 Å². The summed E-state index contributed by atoms with van der Waals surface area (Å²) in [5.74, 6) is 0.0426. The molecule has 1 aliphatic rings. The number of piperazine rings is 1. The normalized spacial score (nSPS) is 16.4. The van der Waals surface area contributed by atoms with Gasteiger partial charge in [0.2, 0.25) is 5.91 Å². The molecular weight excluding hydrogens is 238 g/mol. The van der Waals surface area contributed by atoms with E-state index in [2.05, 4.69) is 5.32 Å². The lowest BCUT2D eigenvalue weighted by Crippen LogP contribution is -2.47. The number of nitrogens with one attached hydrogen (secondary N) is 1. The third-order valence-corrected chi connectivity index (χ3v) is 3.05. The molecule has 4 nitrogen and oxygen atoms in total. The molecule has 0 spiro atoms. The highest BCUT2D eigenvalue weighted by atomic mass is 35.5. The molecule has 17 heavy (non-hydrogen) atoms. The number of amides is 1. The predicted molar refractivity (Wildman–Crippen MR) is 64.5 cm³/mol. The van der Waals surface area contributed by atoms with Gasteiger partial charge in [0.15, 0.2) is 0 Å². The van der Waals surface area contributed by atoms with Crippen molar-refractivity contribution >= 4 is 17.5 Å². The largest absolute Gasteiger partial charge is 0.354 e. The van der Waals surface area contributed by atoms with Gasteiger partial charge in [-0.1, -0.05) is 17.7 Å². The van der Waals surface area contributed by atoms with Gasteiger partial charge < -0.3 is 5.32 Å². The molecule has 0 atom stereocenters. The van der Waals surface area contributed by atoms with Crippen LogP contribution in [-0.4, -0.2) is 30.4 Å². The maximum Gasteiger partial charge on any atom is 0.234 e. The minimum atomic E-state index is 0.0426. The van der Waals surface area contributed by atoms with Crippen molar-refractivity contribution in [3.05, 3.63) is 34.3 Å². The highest BCUT2D eigenvalue weighted by Gasteiger charge is 2.16. The van der Waals surface area contributed by atoms with Crippen LogP contribution >= 0.6 is 11.6 Å². The van der Waals surface area contributed by atoms with E-state index in [0.29, 0.717) is 30.2 Å². The summed E-state index contributed by atoms with van der Waals surface area (Å²) in [7, 11) is 0. The molecule has 2 rings (SSSR count). The molecule has 0 bridgehead atoms. The summed E-state index contributed by atoms with van der Waals surface area (Å²) < 4.78 is 0. The second-order valence-electron chi connectivity index (χ2n) is 3.98. The molecule has 1 amide bonds. The van der Waals surface area contributed by atoms with Gasteiger partial charge in [-0.05, 0) is 17.7 Å². The molecule has 0 aliphatic carbocycles. The number of nitriles is 1. The summed E-state index contributed by atoms with van der Waals surface area (Å²) in [6.45, 7) is 2.53. The van der Waals surface area contributed by atoms with Gasteiger partial charge in [0.1, 0.15) is 0 Å². The first-order valence-electron chi connectivity index (χ1n) is 5.36. The Hall–Kier alpha value is -1.57. The van der Waals surface area contributed by atoms with Crippen molar-refractivity contribution in [1.29, 1.82) is 5.26 Å². The van der Waals surface area contributed by atoms with Crippen LogP contribution in [0.5, 0.6) is 0 Å². The average molecular weight is 250 g/mol.